The summed E-state index contributed by atoms with van der Waals surface area (Å²) in [4.78, 5) is 33.0. The molecule has 1 atom stereocenters. The molecular weight excluding hydrogens is 520 g/mol. The van der Waals surface area contributed by atoms with E-state index in [0.717, 1.165) is 16.0 Å². The molecule has 0 amide bonds. The number of ether oxygens (including phenoxy) is 3. The van der Waals surface area contributed by atoms with Crippen LogP contribution in [0.1, 0.15) is 29.0 Å². The molecule has 194 valence electrons. The van der Waals surface area contributed by atoms with E-state index in [1.807, 2.05) is 78.2 Å². The number of nitrogens with zero attached hydrogens (tertiary/aromatic N) is 2. The van der Waals surface area contributed by atoms with Crippen molar-refractivity contribution in [1.82, 2.24) is 4.57 Å². The van der Waals surface area contributed by atoms with Crippen LogP contribution in [0.2, 0.25) is 0 Å². The molecule has 9 heteroatoms. The Morgan fingerprint density at radius 3 is 2.55 bits per heavy atom. The Bertz CT molecular complexity index is 1620. The Balaban J connectivity index is 1.53. The van der Waals surface area contributed by atoms with Crippen molar-refractivity contribution >= 4 is 34.7 Å². The maximum absolute atomic E-state index is 13.7. The molecule has 2 aromatic heterocycles. The van der Waals surface area contributed by atoms with Crippen molar-refractivity contribution in [3.05, 3.63) is 119 Å². The monoisotopic (exact) mass is 546 g/mol. The first-order valence-electron chi connectivity index (χ1n) is 12.0. The van der Waals surface area contributed by atoms with Crippen LogP contribution in [0.3, 0.4) is 0 Å². The molecule has 38 heavy (non-hydrogen) atoms. The lowest BCUT2D eigenvalue weighted by molar-refractivity contribution is -0.140. The number of rotatable bonds is 9. The van der Waals surface area contributed by atoms with Crippen LogP contribution in [0.5, 0.6) is 5.75 Å². The van der Waals surface area contributed by atoms with Crippen molar-refractivity contribution in [1.29, 1.82) is 0 Å². The smallest absolute Gasteiger partial charge is 0.338 e. The number of thiophene rings is 1. The highest BCUT2D eigenvalue weighted by Gasteiger charge is 2.33. The average Bonchev–Trinajstić information content (AvgIpc) is 3.55. The number of esters is 1. The Morgan fingerprint density at radius 1 is 1.05 bits per heavy atom. The fraction of sp³-hybridized carbons (Fsp3) is 0.207. The van der Waals surface area contributed by atoms with E-state index in [9.17, 15) is 9.59 Å². The SMILES string of the molecule is COCCOC(=O)C1=C(C)N=c2s/c(=C\c3cccs3)c(=O)n2C1c1ccc(OCc2ccccc2)cc1. The third kappa shape index (κ3) is 5.55. The summed E-state index contributed by atoms with van der Waals surface area (Å²) in [6, 6.07) is 20.6. The van der Waals surface area contributed by atoms with Crippen molar-refractivity contribution in [2.24, 2.45) is 4.99 Å². The lowest BCUT2D eigenvalue weighted by Gasteiger charge is -2.25. The van der Waals surface area contributed by atoms with Crippen molar-refractivity contribution in [2.75, 3.05) is 20.3 Å². The molecule has 0 radical (unpaired) electrons. The summed E-state index contributed by atoms with van der Waals surface area (Å²) in [5.74, 6) is 0.165. The Morgan fingerprint density at radius 2 is 1.84 bits per heavy atom. The number of methoxy groups -OCH3 is 1. The molecular formula is C29H26N2O5S2. The molecule has 7 nitrogen and oxygen atoms in total. The number of allylic oxidation sites excluding steroid dienone is 1. The number of benzene rings is 2. The number of hydrogen-bond acceptors (Lipinski definition) is 8. The van der Waals surface area contributed by atoms with Gasteiger partial charge >= 0.3 is 5.97 Å². The molecule has 0 spiro atoms. The van der Waals surface area contributed by atoms with E-state index in [2.05, 4.69) is 4.99 Å². The molecule has 5 rings (SSSR count). The van der Waals surface area contributed by atoms with Crippen LogP contribution in [-0.4, -0.2) is 30.9 Å². The molecule has 1 unspecified atom stereocenters. The van der Waals surface area contributed by atoms with Gasteiger partial charge in [0.1, 0.15) is 19.0 Å². The van der Waals surface area contributed by atoms with Gasteiger partial charge in [0.15, 0.2) is 4.80 Å². The first-order valence-corrected chi connectivity index (χ1v) is 13.7. The quantitative estimate of drug-likeness (QED) is 0.234. The van der Waals surface area contributed by atoms with E-state index >= 15 is 0 Å². The first kappa shape index (κ1) is 25.8. The summed E-state index contributed by atoms with van der Waals surface area (Å²) in [6.07, 6.45) is 1.86. The summed E-state index contributed by atoms with van der Waals surface area (Å²) in [5.41, 5.74) is 2.47. The molecule has 4 aromatic rings. The number of carbonyl (C=O) groups excluding carboxylic acids is 1. The van der Waals surface area contributed by atoms with Gasteiger partial charge in [-0.3, -0.25) is 9.36 Å². The Labute approximate surface area is 227 Å². The second kappa shape index (κ2) is 11.7. The zero-order chi connectivity index (χ0) is 26.5. The average molecular weight is 547 g/mol. The second-order valence-corrected chi connectivity index (χ2v) is 10.6. The van der Waals surface area contributed by atoms with E-state index in [4.69, 9.17) is 14.2 Å². The fourth-order valence-electron chi connectivity index (χ4n) is 4.18. The van der Waals surface area contributed by atoms with E-state index in [1.165, 1.54) is 11.3 Å². The minimum atomic E-state index is -0.685. The van der Waals surface area contributed by atoms with Crippen LogP contribution in [0, 0.1) is 0 Å². The van der Waals surface area contributed by atoms with Gasteiger partial charge in [-0.15, -0.1) is 11.3 Å². The Kier molecular flexibility index (Phi) is 7.97. The molecule has 0 aliphatic carbocycles. The number of hydrogen-bond donors (Lipinski definition) is 0. The lowest BCUT2D eigenvalue weighted by Crippen LogP contribution is -2.40. The molecule has 1 aliphatic heterocycles. The first-order chi connectivity index (χ1) is 18.5. The van der Waals surface area contributed by atoms with Gasteiger partial charge in [0.2, 0.25) is 0 Å². The lowest BCUT2D eigenvalue weighted by atomic mass is 9.96. The normalized spacial score (nSPS) is 15.2. The number of carbonyl (C=O) groups is 1. The van der Waals surface area contributed by atoms with Crippen LogP contribution < -0.4 is 19.6 Å². The zero-order valence-corrected chi connectivity index (χ0v) is 22.6. The van der Waals surface area contributed by atoms with Gasteiger partial charge in [-0.25, -0.2) is 9.79 Å². The maximum atomic E-state index is 13.7. The molecule has 0 fully saturated rings. The van der Waals surface area contributed by atoms with Crippen molar-refractivity contribution < 1.29 is 19.0 Å². The highest BCUT2D eigenvalue weighted by atomic mass is 32.1. The zero-order valence-electron chi connectivity index (χ0n) is 21.0. The summed E-state index contributed by atoms with van der Waals surface area (Å²) < 4.78 is 18.6. The summed E-state index contributed by atoms with van der Waals surface area (Å²) in [5, 5.41) is 1.96. The largest absolute Gasteiger partial charge is 0.489 e. The maximum Gasteiger partial charge on any atom is 0.338 e. The minimum Gasteiger partial charge on any atom is -0.489 e. The van der Waals surface area contributed by atoms with Crippen LogP contribution in [-0.2, 0) is 20.9 Å². The van der Waals surface area contributed by atoms with Crippen LogP contribution in [0.15, 0.2) is 93.2 Å². The van der Waals surface area contributed by atoms with Gasteiger partial charge in [0, 0.05) is 12.0 Å². The molecule has 0 bridgehead atoms. The summed E-state index contributed by atoms with van der Waals surface area (Å²) in [7, 11) is 1.54. The number of thiazole rings is 1. The van der Waals surface area contributed by atoms with E-state index < -0.39 is 12.0 Å². The van der Waals surface area contributed by atoms with Crippen molar-refractivity contribution in [3.8, 4) is 5.75 Å². The topological polar surface area (TPSA) is 79.1 Å². The third-order valence-electron chi connectivity index (χ3n) is 6.02. The van der Waals surface area contributed by atoms with Gasteiger partial charge in [-0.2, -0.15) is 0 Å². The minimum absolute atomic E-state index is 0.105. The molecule has 2 aromatic carbocycles. The Hall–Kier alpha value is -3.79. The number of fused-ring (bicyclic) bond motifs is 1. The van der Waals surface area contributed by atoms with E-state index in [1.54, 1.807) is 29.9 Å². The highest BCUT2D eigenvalue weighted by Crippen LogP contribution is 2.31. The van der Waals surface area contributed by atoms with Gasteiger partial charge in [0.25, 0.3) is 5.56 Å². The van der Waals surface area contributed by atoms with Crippen LogP contribution in [0.4, 0.5) is 0 Å². The molecule has 0 saturated carbocycles. The van der Waals surface area contributed by atoms with Gasteiger partial charge < -0.3 is 14.2 Å². The van der Waals surface area contributed by atoms with E-state index in [0.29, 0.717) is 33.0 Å². The fourth-order valence-corrected chi connectivity index (χ4v) is 5.95. The highest BCUT2D eigenvalue weighted by molar-refractivity contribution is 7.11. The molecule has 3 heterocycles. The summed E-state index contributed by atoms with van der Waals surface area (Å²) >= 11 is 2.86. The van der Waals surface area contributed by atoms with E-state index in [-0.39, 0.29) is 18.8 Å². The molecule has 0 N–H and O–H groups in total. The van der Waals surface area contributed by atoms with Gasteiger partial charge in [0.05, 0.1) is 28.5 Å². The van der Waals surface area contributed by atoms with Crippen molar-refractivity contribution in [2.45, 2.75) is 19.6 Å². The molecule has 1 aliphatic rings. The summed E-state index contributed by atoms with van der Waals surface area (Å²) in [6.45, 7) is 2.59. The predicted molar refractivity (Wildman–Crippen MR) is 148 cm³/mol. The van der Waals surface area contributed by atoms with Crippen molar-refractivity contribution in [3.63, 3.8) is 0 Å². The standard InChI is InChI=1S/C29H26N2O5S2/c1-19-25(28(33)35-15-14-34-2)26(21-10-12-22(13-11-21)36-18-20-7-4-3-5-8-20)31-27(32)24(38-29(31)30-19)17-23-9-6-16-37-23/h3-13,16-17,26H,14-15,18H2,1-2H3/b24-17-. The van der Waals surface area contributed by atoms with Crippen LogP contribution >= 0.6 is 22.7 Å². The van der Waals surface area contributed by atoms with Gasteiger partial charge in [-0.1, -0.05) is 59.9 Å². The van der Waals surface area contributed by atoms with Crippen LogP contribution in [0.25, 0.3) is 6.08 Å². The predicted octanol–water partition coefficient (Wildman–Crippen LogP) is 4.07. The van der Waals surface area contributed by atoms with Gasteiger partial charge in [-0.05, 0) is 47.7 Å². The molecule has 0 saturated heterocycles. The second-order valence-electron chi connectivity index (χ2n) is 8.57. The number of aromatic nitrogens is 1. The third-order valence-corrected chi connectivity index (χ3v) is 7.83.